The summed E-state index contributed by atoms with van der Waals surface area (Å²) in [6.07, 6.45) is 2.92. The number of fused-ring (bicyclic) bond motifs is 2. The molecule has 0 N–H and O–H groups in total. The smallest absolute Gasteiger partial charge is 0.306 e. The molecule has 10 heavy (non-hydrogen) atoms. The molecule has 2 fully saturated rings. The van der Waals surface area contributed by atoms with Gasteiger partial charge in [0.05, 0.1) is 0 Å². The number of rotatable bonds is 0. The molecular formula is C7H9BrO2. The van der Waals surface area contributed by atoms with Crippen molar-refractivity contribution in [3.8, 4) is 0 Å². The predicted molar refractivity (Wildman–Crippen MR) is 39.9 cm³/mol. The molecule has 2 rings (SSSR count). The normalized spacial score (nSPS) is 45.3. The van der Waals surface area contributed by atoms with Gasteiger partial charge in [-0.2, -0.15) is 0 Å². The lowest BCUT2D eigenvalue weighted by atomic mass is 10.0. The summed E-state index contributed by atoms with van der Waals surface area (Å²) in [4.78, 5) is 11.3. The Kier molecular flexibility index (Phi) is 1.48. The standard InChI is InChI=1S/C7H9BrO2/c8-6-3-5-1-4(6)2-7(9)10-5/h4-6H,1-3H2. The van der Waals surface area contributed by atoms with Gasteiger partial charge in [-0.3, -0.25) is 4.79 Å². The van der Waals surface area contributed by atoms with Crippen LogP contribution in [-0.2, 0) is 9.53 Å². The predicted octanol–water partition coefficient (Wildman–Crippen LogP) is 1.48. The summed E-state index contributed by atoms with van der Waals surface area (Å²) >= 11 is 3.54. The van der Waals surface area contributed by atoms with Gasteiger partial charge in [-0.15, -0.1) is 0 Å². The van der Waals surface area contributed by atoms with Crippen LogP contribution >= 0.6 is 15.9 Å². The lowest BCUT2D eigenvalue weighted by Gasteiger charge is -2.18. The van der Waals surface area contributed by atoms with Crippen LogP contribution in [0.2, 0.25) is 0 Å². The first-order chi connectivity index (χ1) is 4.75. The Balaban J connectivity index is 2.13. The van der Waals surface area contributed by atoms with E-state index in [1.165, 1.54) is 0 Å². The lowest BCUT2D eigenvalue weighted by molar-refractivity contribution is -0.152. The molecule has 0 amide bonds. The maximum absolute atomic E-state index is 10.8. The van der Waals surface area contributed by atoms with Crippen LogP contribution in [0.25, 0.3) is 0 Å². The van der Waals surface area contributed by atoms with Gasteiger partial charge >= 0.3 is 5.97 Å². The SMILES string of the molecule is O=C1CC2CC(CC2Br)O1. The van der Waals surface area contributed by atoms with Crippen LogP contribution in [0.5, 0.6) is 0 Å². The minimum absolute atomic E-state index is 0.0109. The highest BCUT2D eigenvalue weighted by Crippen LogP contribution is 2.39. The van der Waals surface area contributed by atoms with E-state index in [2.05, 4.69) is 15.9 Å². The van der Waals surface area contributed by atoms with Crippen molar-refractivity contribution in [1.29, 1.82) is 0 Å². The average Bonchev–Trinajstić information content (AvgIpc) is 2.07. The molecule has 3 unspecified atom stereocenters. The highest BCUT2D eigenvalue weighted by molar-refractivity contribution is 9.09. The topological polar surface area (TPSA) is 26.3 Å². The van der Waals surface area contributed by atoms with Crippen molar-refractivity contribution in [3.63, 3.8) is 0 Å². The molecule has 0 aromatic carbocycles. The fourth-order valence-corrected chi connectivity index (χ4v) is 2.60. The summed E-state index contributed by atoms with van der Waals surface area (Å²) in [6, 6.07) is 0. The van der Waals surface area contributed by atoms with E-state index < -0.39 is 0 Å². The van der Waals surface area contributed by atoms with E-state index in [9.17, 15) is 4.79 Å². The maximum Gasteiger partial charge on any atom is 0.306 e. The Bertz CT molecular complexity index is 167. The van der Waals surface area contributed by atoms with Gasteiger partial charge in [-0.25, -0.2) is 0 Å². The molecule has 56 valence electrons. The molecule has 0 radical (unpaired) electrons. The van der Waals surface area contributed by atoms with Crippen molar-refractivity contribution < 1.29 is 9.53 Å². The van der Waals surface area contributed by atoms with Crippen molar-refractivity contribution in [2.75, 3.05) is 0 Å². The number of ether oxygens (including phenoxy) is 1. The van der Waals surface area contributed by atoms with Gasteiger partial charge in [0.25, 0.3) is 0 Å². The lowest BCUT2D eigenvalue weighted by Crippen LogP contribution is -2.22. The van der Waals surface area contributed by atoms with Crippen LogP contribution < -0.4 is 0 Å². The monoisotopic (exact) mass is 204 g/mol. The summed E-state index contributed by atoms with van der Waals surface area (Å²) in [5.74, 6) is 0.537. The summed E-state index contributed by atoms with van der Waals surface area (Å²) < 4.78 is 5.08. The zero-order valence-electron chi connectivity index (χ0n) is 5.55. The molecular weight excluding hydrogens is 196 g/mol. The third-order valence-electron chi connectivity index (χ3n) is 2.29. The van der Waals surface area contributed by atoms with Crippen molar-refractivity contribution in [1.82, 2.24) is 0 Å². The van der Waals surface area contributed by atoms with Crippen molar-refractivity contribution >= 4 is 21.9 Å². The van der Waals surface area contributed by atoms with E-state index in [-0.39, 0.29) is 12.1 Å². The molecule has 1 heterocycles. The zero-order valence-corrected chi connectivity index (χ0v) is 7.13. The van der Waals surface area contributed by atoms with Crippen LogP contribution in [-0.4, -0.2) is 16.9 Å². The van der Waals surface area contributed by atoms with E-state index in [0.717, 1.165) is 12.8 Å². The number of hydrogen-bond donors (Lipinski definition) is 0. The number of esters is 1. The first-order valence-corrected chi connectivity index (χ1v) is 4.51. The number of halogens is 1. The van der Waals surface area contributed by atoms with Gasteiger partial charge in [0.2, 0.25) is 0 Å². The summed E-state index contributed by atoms with van der Waals surface area (Å²) in [7, 11) is 0. The van der Waals surface area contributed by atoms with Crippen LogP contribution in [0.1, 0.15) is 19.3 Å². The molecule has 1 aliphatic carbocycles. The number of carbonyl (C=O) groups excluding carboxylic acids is 1. The Morgan fingerprint density at radius 2 is 2.30 bits per heavy atom. The molecule has 1 aliphatic heterocycles. The highest BCUT2D eigenvalue weighted by Gasteiger charge is 2.40. The molecule has 0 aromatic heterocycles. The van der Waals surface area contributed by atoms with Crippen LogP contribution in [0.4, 0.5) is 0 Å². The second-order valence-electron chi connectivity index (χ2n) is 3.06. The van der Waals surface area contributed by atoms with Crippen LogP contribution in [0.3, 0.4) is 0 Å². The Morgan fingerprint density at radius 1 is 1.50 bits per heavy atom. The van der Waals surface area contributed by atoms with E-state index >= 15 is 0 Å². The van der Waals surface area contributed by atoms with Crippen molar-refractivity contribution in [3.05, 3.63) is 0 Å². The summed E-state index contributed by atoms with van der Waals surface area (Å²) in [5.41, 5.74) is 0. The molecule has 0 aromatic rings. The van der Waals surface area contributed by atoms with Gasteiger partial charge in [0.15, 0.2) is 0 Å². The molecule has 0 spiro atoms. The van der Waals surface area contributed by atoms with Crippen molar-refractivity contribution in [2.24, 2.45) is 5.92 Å². The molecule has 1 saturated carbocycles. The minimum Gasteiger partial charge on any atom is -0.462 e. The molecule has 2 nitrogen and oxygen atoms in total. The molecule has 3 atom stereocenters. The first-order valence-electron chi connectivity index (χ1n) is 3.59. The van der Waals surface area contributed by atoms with E-state index in [1.807, 2.05) is 0 Å². The summed E-state index contributed by atoms with van der Waals surface area (Å²) in [5, 5.41) is 0. The second kappa shape index (κ2) is 2.22. The van der Waals surface area contributed by atoms with Gasteiger partial charge in [-0.1, -0.05) is 15.9 Å². The van der Waals surface area contributed by atoms with Crippen molar-refractivity contribution in [2.45, 2.75) is 30.2 Å². The van der Waals surface area contributed by atoms with Gasteiger partial charge in [0.1, 0.15) is 6.10 Å². The zero-order chi connectivity index (χ0) is 7.14. The van der Waals surface area contributed by atoms with E-state index in [1.54, 1.807) is 0 Å². The maximum atomic E-state index is 10.8. The molecule has 3 heteroatoms. The Labute approximate surface area is 68.1 Å². The van der Waals surface area contributed by atoms with Gasteiger partial charge in [0, 0.05) is 11.2 Å². The van der Waals surface area contributed by atoms with E-state index in [4.69, 9.17) is 4.74 Å². The largest absolute Gasteiger partial charge is 0.462 e. The highest BCUT2D eigenvalue weighted by atomic mass is 79.9. The average molecular weight is 205 g/mol. The van der Waals surface area contributed by atoms with Gasteiger partial charge < -0.3 is 4.74 Å². The number of alkyl halides is 1. The second-order valence-corrected chi connectivity index (χ2v) is 4.24. The van der Waals surface area contributed by atoms with Crippen LogP contribution in [0.15, 0.2) is 0 Å². The fraction of sp³-hybridized carbons (Fsp3) is 0.857. The summed E-state index contributed by atoms with van der Waals surface area (Å²) in [6.45, 7) is 0. The molecule has 2 aliphatic rings. The minimum atomic E-state index is -0.0109. The number of hydrogen-bond acceptors (Lipinski definition) is 2. The Hall–Kier alpha value is -0.0500. The Morgan fingerprint density at radius 3 is 3.00 bits per heavy atom. The van der Waals surface area contributed by atoms with Gasteiger partial charge in [-0.05, 0) is 18.8 Å². The number of carbonyl (C=O) groups is 1. The third-order valence-corrected chi connectivity index (χ3v) is 3.41. The quantitative estimate of drug-likeness (QED) is 0.442. The first kappa shape index (κ1) is 6.65. The van der Waals surface area contributed by atoms with E-state index in [0.29, 0.717) is 17.2 Å². The third kappa shape index (κ3) is 0.965. The molecule has 2 bridgehead atoms. The fourth-order valence-electron chi connectivity index (χ4n) is 1.78. The molecule has 1 saturated heterocycles. The van der Waals surface area contributed by atoms with Crippen LogP contribution in [0, 0.1) is 5.92 Å².